The van der Waals surface area contributed by atoms with Gasteiger partial charge in [-0.2, -0.15) is 4.98 Å². The maximum absolute atomic E-state index is 6.09. The number of hydrogen-bond donors (Lipinski definition) is 0. The second-order valence-electron chi connectivity index (χ2n) is 7.02. The molecule has 0 saturated heterocycles. The number of benzene rings is 2. The number of aryl methyl sites for hydroxylation is 1. The lowest BCUT2D eigenvalue weighted by Crippen LogP contribution is -2.00. The lowest BCUT2D eigenvalue weighted by Gasteiger charge is -2.10. The van der Waals surface area contributed by atoms with Gasteiger partial charge < -0.3 is 4.52 Å². The highest BCUT2D eigenvalue weighted by atomic mass is 35.5. The van der Waals surface area contributed by atoms with Crippen LogP contribution in [0.5, 0.6) is 0 Å². The molecule has 158 valence electrons. The minimum atomic E-state index is 0.459. The predicted molar refractivity (Wildman–Crippen MR) is 124 cm³/mol. The number of rotatable bonds is 6. The first kappa shape index (κ1) is 20.4. The third kappa shape index (κ3) is 4.28. The van der Waals surface area contributed by atoms with Crippen molar-refractivity contribution in [3.05, 3.63) is 89.5 Å². The van der Waals surface area contributed by atoms with Gasteiger partial charge in [-0.15, -0.1) is 10.2 Å². The van der Waals surface area contributed by atoms with Crippen LogP contribution in [0.1, 0.15) is 11.5 Å². The fourth-order valence-corrected chi connectivity index (χ4v) is 4.05. The first-order valence-corrected chi connectivity index (χ1v) is 11.2. The fraction of sp³-hybridized carbons (Fsp3) is 0.0870. The van der Waals surface area contributed by atoms with Crippen molar-refractivity contribution in [3.8, 4) is 28.5 Å². The second kappa shape index (κ2) is 8.94. The van der Waals surface area contributed by atoms with E-state index in [2.05, 4.69) is 25.3 Å². The van der Waals surface area contributed by atoms with E-state index in [1.165, 1.54) is 17.3 Å². The molecule has 0 unspecified atom stereocenters. The van der Waals surface area contributed by atoms with Crippen LogP contribution < -0.4 is 0 Å². The van der Waals surface area contributed by atoms with Gasteiger partial charge in [-0.25, -0.2) is 0 Å². The highest BCUT2D eigenvalue weighted by molar-refractivity contribution is 7.98. The Balaban J connectivity index is 1.43. The summed E-state index contributed by atoms with van der Waals surface area (Å²) in [7, 11) is 0. The zero-order chi connectivity index (χ0) is 21.9. The van der Waals surface area contributed by atoms with Crippen LogP contribution in [-0.4, -0.2) is 29.9 Å². The topological polar surface area (TPSA) is 82.5 Å². The van der Waals surface area contributed by atoms with Gasteiger partial charge in [0.1, 0.15) is 0 Å². The molecule has 7 nitrogen and oxygen atoms in total. The molecule has 0 aliphatic rings. The molecule has 0 radical (unpaired) electrons. The maximum Gasteiger partial charge on any atom is 0.237 e. The molecule has 9 heteroatoms. The van der Waals surface area contributed by atoms with Crippen LogP contribution in [0.15, 0.2) is 82.7 Å². The SMILES string of the molecule is Cc1ccc(-c2noc(CSc3nnc(-c4ccncc4)n3-c3ccc(Cl)cc3)n2)cc1. The molecule has 5 aromatic rings. The van der Waals surface area contributed by atoms with E-state index in [0.717, 1.165) is 16.8 Å². The highest BCUT2D eigenvalue weighted by Gasteiger charge is 2.18. The molecular formula is C23H17ClN6OS. The van der Waals surface area contributed by atoms with E-state index in [0.29, 0.717) is 33.5 Å². The first-order valence-electron chi connectivity index (χ1n) is 9.81. The Morgan fingerprint density at radius 1 is 0.906 bits per heavy atom. The summed E-state index contributed by atoms with van der Waals surface area (Å²) in [6, 6.07) is 19.4. The molecule has 5 rings (SSSR count). The lowest BCUT2D eigenvalue weighted by atomic mass is 10.1. The van der Waals surface area contributed by atoms with Crippen molar-refractivity contribution in [2.24, 2.45) is 0 Å². The molecule has 0 spiro atoms. The van der Waals surface area contributed by atoms with Crippen molar-refractivity contribution < 1.29 is 4.52 Å². The number of hydrogen-bond acceptors (Lipinski definition) is 7. The van der Waals surface area contributed by atoms with Gasteiger partial charge in [-0.1, -0.05) is 58.3 Å². The summed E-state index contributed by atoms with van der Waals surface area (Å²) in [6.07, 6.45) is 3.46. The minimum Gasteiger partial charge on any atom is -0.338 e. The van der Waals surface area contributed by atoms with Crippen molar-refractivity contribution in [1.29, 1.82) is 0 Å². The van der Waals surface area contributed by atoms with Gasteiger partial charge in [0.25, 0.3) is 0 Å². The zero-order valence-electron chi connectivity index (χ0n) is 17.0. The summed E-state index contributed by atoms with van der Waals surface area (Å²) >= 11 is 7.56. The van der Waals surface area contributed by atoms with E-state index in [1.807, 2.05) is 72.2 Å². The van der Waals surface area contributed by atoms with E-state index in [9.17, 15) is 0 Å². The van der Waals surface area contributed by atoms with Crippen molar-refractivity contribution in [3.63, 3.8) is 0 Å². The average Bonchev–Trinajstić information content (AvgIpc) is 3.47. The Morgan fingerprint density at radius 2 is 1.66 bits per heavy atom. The molecule has 0 atom stereocenters. The number of pyridine rings is 1. The van der Waals surface area contributed by atoms with Crippen molar-refractivity contribution in [2.45, 2.75) is 17.8 Å². The van der Waals surface area contributed by atoms with Crippen molar-refractivity contribution in [2.75, 3.05) is 0 Å². The van der Waals surface area contributed by atoms with Gasteiger partial charge in [-0.3, -0.25) is 9.55 Å². The molecule has 3 heterocycles. The van der Waals surface area contributed by atoms with Crippen LogP contribution in [0.25, 0.3) is 28.5 Å². The standard InChI is InChI=1S/C23H17ClN6OS/c1-15-2-4-16(5-3-15)21-26-20(31-29-21)14-32-23-28-27-22(17-10-12-25-13-11-17)30(23)19-8-6-18(24)7-9-19/h2-13H,14H2,1H3. The third-order valence-corrected chi connectivity index (χ3v) is 5.92. The Hall–Kier alpha value is -3.49. The van der Waals surface area contributed by atoms with Crippen LogP contribution in [0.3, 0.4) is 0 Å². The normalized spacial score (nSPS) is 11.1. The van der Waals surface area contributed by atoms with Gasteiger partial charge in [-0.05, 0) is 43.3 Å². The molecule has 3 aromatic heterocycles. The summed E-state index contributed by atoms with van der Waals surface area (Å²) in [5, 5.41) is 14.3. The fourth-order valence-electron chi connectivity index (χ4n) is 3.13. The largest absolute Gasteiger partial charge is 0.338 e. The molecule has 0 aliphatic heterocycles. The summed E-state index contributed by atoms with van der Waals surface area (Å²) in [5.41, 5.74) is 3.91. The first-order chi connectivity index (χ1) is 15.7. The molecule has 0 N–H and O–H groups in total. The van der Waals surface area contributed by atoms with Crippen LogP contribution in [0, 0.1) is 6.92 Å². The monoisotopic (exact) mass is 460 g/mol. The Morgan fingerprint density at radius 3 is 2.41 bits per heavy atom. The summed E-state index contributed by atoms with van der Waals surface area (Å²) in [5.74, 6) is 2.25. The predicted octanol–water partition coefficient (Wildman–Crippen LogP) is 5.63. The van der Waals surface area contributed by atoms with Gasteiger partial charge in [0.15, 0.2) is 11.0 Å². The summed E-state index contributed by atoms with van der Waals surface area (Å²) in [4.78, 5) is 8.61. The quantitative estimate of drug-likeness (QED) is 0.303. The van der Waals surface area contributed by atoms with Crippen molar-refractivity contribution >= 4 is 23.4 Å². The number of nitrogens with zero attached hydrogens (tertiary/aromatic N) is 6. The van der Waals surface area contributed by atoms with Gasteiger partial charge in [0.05, 0.1) is 5.75 Å². The number of aromatic nitrogens is 6. The van der Waals surface area contributed by atoms with E-state index in [4.69, 9.17) is 16.1 Å². The number of thioether (sulfide) groups is 1. The highest BCUT2D eigenvalue weighted by Crippen LogP contribution is 2.30. The Bertz CT molecular complexity index is 1330. The molecule has 2 aromatic carbocycles. The van der Waals surface area contributed by atoms with E-state index < -0.39 is 0 Å². The lowest BCUT2D eigenvalue weighted by molar-refractivity contribution is 0.391. The molecular weight excluding hydrogens is 444 g/mol. The Kier molecular flexibility index (Phi) is 5.70. The van der Waals surface area contributed by atoms with Crippen molar-refractivity contribution in [1.82, 2.24) is 29.9 Å². The van der Waals surface area contributed by atoms with E-state index in [-0.39, 0.29) is 0 Å². The molecule has 0 bridgehead atoms. The summed E-state index contributed by atoms with van der Waals surface area (Å²) in [6.45, 7) is 2.04. The van der Waals surface area contributed by atoms with Crippen LogP contribution >= 0.6 is 23.4 Å². The molecule has 32 heavy (non-hydrogen) atoms. The average molecular weight is 461 g/mol. The minimum absolute atomic E-state index is 0.459. The van der Waals surface area contributed by atoms with E-state index in [1.54, 1.807) is 12.4 Å². The molecule has 0 fully saturated rings. The van der Waals surface area contributed by atoms with Gasteiger partial charge >= 0.3 is 0 Å². The zero-order valence-corrected chi connectivity index (χ0v) is 18.6. The maximum atomic E-state index is 6.09. The Labute approximate surface area is 193 Å². The summed E-state index contributed by atoms with van der Waals surface area (Å²) < 4.78 is 7.44. The second-order valence-corrected chi connectivity index (χ2v) is 8.40. The molecule has 0 aliphatic carbocycles. The van der Waals surface area contributed by atoms with E-state index >= 15 is 0 Å². The van der Waals surface area contributed by atoms with Crippen LogP contribution in [-0.2, 0) is 5.75 Å². The van der Waals surface area contributed by atoms with Gasteiger partial charge in [0, 0.05) is 34.2 Å². The van der Waals surface area contributed by atoms with Crippen LogP contribution in [0.4, 0.5) is 0 Å². The number of halogens is 1. The molecule has 0 amide bonds. The van der Waals surface area contributed by atoms with Crippen LogP contribution in [0.2, 0.25) is 5.02 Å². The third-order valence-electron chi connectivity index (χ3n) is 4.76. The molecule has 0 saturated carbocycles. The van der Waals surface area contributed by atoms with Gasteiger partial charge in [0.2, 0.25) is 11.7 Å². The smallest absolute Gasteiger partial charge is 0.237 e.